The van der Waals surface area contributed by atoms with E-state index in [0.29, 0.717) is 5.56 Å². The van der Waals surface area contributed by atoms with Gasteiger partial charge in [-0.25, -0.2) is 0 Å². The Morgan fingerprint density at radius 3 is 2.41 bits per heavy atom. The average molecular weight is 543 g/mol. The second-order valence-corrected chi connectivity index (χ2v) is 11.2. The van der Waals surface area contributed by atoms with E-state index in [1.165, 1.54) is 25.1 Å². The monoisotopic (exact) mass is 542 g/mol. The van der Waals surface area contributed by atoms with Gasteiger partial charge in [0.25, 0.3) is 5.91 Å². The van der Waals surface area contributed by atoms with Crippen LogP contribution in [0, 0.1) is 11.8 Å². The molecule has 0 bridgehead atoms. The first-order valence-corrected chi connectivity index (χ1v) is 13.2. The molecule has 0 unspecified atom stereocenters. The van der Waals surface area contributed by atoms with Gasteiger partial charge in [0.1, 0.15) is 22.8 Å². The Hall–Kier alpha value is -3.25. The zero-order valence-electron chi connectivity index (χ0n) is 21.8. The van der Waals surface area contributed by atoms with E-state index in [1.807, 2.05) is 0 Å². The van der Waals surface area contributed by atoms with Gasteiger partial charge in [0.05, 0.1) is 36.3 Å². The fourth-order valence-electron chi connectivity index (χ4n) is 7.07. The van der Waals surface area contributed by atoms with E-state index < -0.39 is 75.6 Å². The predicted molar refractivity (Wildman–Crippen MR) is 137 cm³/mol. The van der Waals surface area contributed by atoms with E-state index in [1.54, 1.807) is 12.1 Å². The third-order valence-electron chi connectivity index (χ3n) is 8.86. The zero-order valence-corrected chi connectivity index (χ0v) is 21.8. The van der Waals surface area contributed by atoms with Crippen molar-refractivity contribution in [3.05, 3.63) is 52.0 Å². The zero-order chi connectivity index (χ0) is 28.4. The van der Waals surface area contributed by atoms with E-state index >= 15 is 0 Å². The minimum absolute atomic E-state index is 0.0347. The molecule has 1 aromatic rings. The summed E-state index contributed by atoms with van der Waals surface area (Å²) in [5.41, 5.74) is 1.34. The molecule has 0 spiro atoms. The summed E-state index contributed by atoms with van der Waals surface area (Å²) in [6, 6.07) is 3.20. The van der Waals surface area contributed by atoms with E-state index in [0.717, 1.165) is 32.1 Å². The maximum atomic E-state index is 13.8. The predicted octanol–water partition coefficient (Wildman–Crippen LogP) is 0.982. The lowest BCUT2D eigenvalue weighted by Crippen LogP contribution is -2.68. The Labute approximate surface area is 225 Å². The number of phenolic OH excluding ortho intramolecular Hbond substituents is 1. The Morgan fingerprint density at radius 2 is 1.79 bits per heavy atom. The first-order chi connectivity index (χ1) is 18.4. The summed E-state index contributed by atoms with van der Waals surface area (Å²) in [4.78, 5) is 40.8. The molecule has 11 heteroatoms. The Balaban J connectivity index is 1.71. The molecule has 7 N–H and O–H groups in total. The molecule has 0 saturated heterocycles. The molecule has 0 radical (unpaired) electrons. The normalized spacial score (nSPS) is 33.2. The van der Waals surface area contributed by atoms with Crippen molar-refractivity contribution in [3.63, 3.8) is 0 Å². The fraction of sp³-hybridized carbons (Fsp3) is 0.536. The van der Waals surface area contributed by atoms with Crippen molar-refractivity contribution in [1.82, 2.24) is 4.90 Å². The number of aromatic hydroxyl groups is 1. The van der Waals surface area contributed by atoms with Crippen LogP contribution in [0.3, 0.4) is 0 Å². The molecule has 6 atom stereocenters. The number of rotatable bonds is 5. The van der Waals surface area contributed by atoms with Crippen molar-refractivity contribution in [2.24, 2.45) is 17.6 Å². The number of likely N-dealkylation sites (N-methyl/N-ethyl adjacent to an activating group) is 1. The number of carbonyl (C=O) groups excluding carboxylic acids is 3. The van der Waals surface area contributed by atoms with Crippen LogP contribution in [0.4, 0.5) is 0 Å². The highest BCUT2D eigenvalue weighted by Gasteiger charge is 2.67. The Morgan fingerprint density at radius 1 is 1.13 bits per heavy atom. The van der Waals surface area contributed by atoms with Gasteiger partial charge in [0, 0.05) is 17.4 Å². The number of ketones is 2. The molecule has 11 nitrogen and oxygen atoms in total. The van der Waals surface area contributed by atoms with Crippen LogP contribution in [-0.4, -0.2) is 92.5 Å². The molecule has 0 aromatic heterocycles. The first kappa shape index (κ1) is 27.3. The number of Topliss-reactive ketones (excluding diaryl/α,β-unsaturated/α-hetero) is 2. The van der Waals surface area contributed by atoms with Crippen molar-refractivity contribution in [1.29, 1.82) is 0 Å². The maximum Gasteiger partial charge on any atom is 0.255 e. The lowest BCUT2D eigenvalue weighted by atomic mass is 9.55. The van der Waals surface area contributed by atoms with Crippen LogP contribution < -0.4 is 5.73 Å². The molecular weight excluding hydrogens is 508 g/mol. The van der Waals surface area contributed by atoms with Crippen molar-refractivity contribution in [2.75, 3.05) is 20.7 Å². The molecule has 4 aliphatic carbocycles. The molecule has 0 heterocycles. The highest BCUT2D eigenvalue weighted by Crippen LogP contribution is 2.55. The van der Waals surface area contributed by atoms with Crippen LogP contribution in [-0.2, 0) is 14.3 Å². The number of nitrogens with two attached hydrogens (primary N) is 1. The van der Waals surface area contributed by atoms with Gasteiger partial charge in [-0.15, -0.1) is 0 Å². The number of hydrogen-bond donors (Lipinski definition) is 6. The lowest BCUT2D eigenvalue weighted by molar-refractivity contribution is -0.163. The number of primary amides is 1. The summed E-state index contributed by atoms with van der Waals surface area (Å²) in [5.74, 6) is -9.21. The second-order valence-electron chi connectivity index (χ2n) is 11.2. The number of amides is 1. The third-order valence-corrected chi connectivity index (χ3v) is 8.86. The molecular formula is C28H34N2O9. The van der Waals surface area contributed by atoms with Gasteiger partial charge < -0.3 is 36.0 Å². The Bertz CT molecular complexity index is 1300. The van der Waals surface area contributed by atoms with Gasteiger partial charge in [-0.3, -0.25) is 19.3 Å². The fourth-order valence-corrected chi connectivity index (χ4v) is 7.07. The number of aliphatic hydroxyl groups excluding tert-OH is 3. The SMILES string of the molecule is CN(C)[C@H]1C(O)=C(C(N)=O)C(=O)[C@]2(O)C(O)=C3C(=O)c4c(O)cccc4[C@@H](COC4CCCCC4)[C@@H]3[C@@H](O)[C@H]12. The maximum absolute atomic E-state index is 13.8. The smallest absolute Gasteiger partial charge is 0.255 e. The summed E-state index contributed by atoms with van der Waals surface area (Å²) in [7, 11) is 3.00. The number of benzene rings is 1. The first-order valence-electron chi connectivity index (χ1n) is 13.2. The lowest BCUT2D eigenvalue weighted by Gasteiger charge is -2.53. The highest BCUT2D eigenvalue weighted by molar-refractivity contribution is 6.25. The van der Waals surface area contributed by atoms with E-state index in [4.69, 9.17) is 10.5 Å². The molecule has 39 heavy (non-hydrogen) atoms. The summed E-state index contributed by atoms with van der Waals surface area (Å²) in [6.45, 7) is 0.0347. The minimum Gasteiger partial charge on any atom is -0.510 e. The van der Waals surface area contributed by atoms with Crippen LogP contribution in [0.5, 0.6) is 5.75 Å². The van der Waals surface area contributed by atoms with Crippen LogP contribution in [0.1, 0.15) is 53.9 Å². The minimum atomic E-state index is -2.94. The van der Waals surface area contributed by atoms with Crippen LogP contribution in [0.2, 0.25) is 0 Å². The number of ether oxygens (including phenoxy) is 1. The van der Waals surface area contributed by atoms with Gasteiger partial charge in [-0.1, -0.05) is 31.4 Å². The van der Waals surface area contributed by atoms with Crippen LogP contribution >= 0.6 is 0 Å². The van der Waals surface area contributed by atoms with E-state index in [9.17, 15) is 39.9 Å². The molecule has 4 aliphatic rings. The number of phenols is 1. The summed E-state index contributed by atoms with van der Waals surface area (Å²) < 4.78 is 6.25. The number of hydrogen-bond acceptors (Lipinski definition) is 10. The summed E-state index contributed by atoms with van der Waals surface area (Å²) in [5, 5.41) is 56.8. The van der Waals surface area contributed by atoms with E-state index in [2.05, 4.69) is 0 Å². The van der Waals surface area contributed by atoms with Crippen molar-refractivity contribution >= 4 is 17.5 Å². The summed E-state index contributed by atoms with van der Waals surface area (Å²) >= 11 is 0. The largest absolute Gasteiger partial charge is 0.510 e. The molecule has 0 aliphatic heterocycles. The standard InChI is InChI=1S/C28H34N2O9/c1-30(2)21-20-23(33)17-14(11-39-12-7-4-3-5-8-12)13-9-6-10-15(31)16(13)22(32)18(17)25(35)28(20,38)26(36)19(24(21)34)27(29)37/h6,9-10,12,14,17,20-21,23,31,33-35,38H,3-5,7-8,11H2,1-2H3,(H2,29,37)/t14-,17+,20+,21-,23-,28-/m1/s1. The van der Waals surface area contributed by atoms with Gasteiger partial charge in [-0.05, 0) is 38.6 Å². The summed E-state index contributed by atoms with van der Waals surface area (Å²) in [6.07, 6.45) is 3.15. The number of nitrogens with zero attached hydrogens (tertiary/aromatic N) is 1. The van der Waals surface area contributed by atoms with Gasteiger partial charge in [0.2, 0.25) is 5.78 Å². The number of carbonyl (C=O) groups is 3. The Kier molecular flexibility index (Phi) is 6.82. The molecule has 1 aromatic carbocycles. The quantitative estimate of drug-likeness (QED) is 0.292. The molecule has 1 amide bonds. The van der Waals surface area contributed by atoms with Crippen molar-refractivity contribution in [2.45, 2.75) is 61.9 Å². The molecule has 1 saturated carbocycles. The van der Waals surface area contributed by atoms with Gasteiger partial charge >= 0.3 is 0 Å². The van der Waals surface area contributed by atoms with Crippen LogP contribution in [0.25, 0.3) is 0 Å². The molecule has 5 rings (SSSR count). The average Bonchev–Trinajstić information content (AvgIpc) is 2.88. The third kappa shape index (κ3) is 3.90. The number of aliphatic hydroxyl groups is 4. The molecule has 1 fully saturated rings. The van der Waals surface area contributed by atoms with E-state index in [-0.39, 0.29) is 24.0 Å². The van der Waals surface area contributed by atoms with Crippen molar-refractivity contribution in [3.8, 4) is 5.75 Å². The molecule has 210 valence electrons. The number of fused-ring (bicyclic) bond motifs is 3. The topological polar surface area (TPSA) is 191 Å². The van der Waals surface area contributed by atoms with Crippen LogP contribution in [0.15, 0.2) is 40.9 Å². The highest BCUT2D eigenvalue weighted by atomic mass is 16.5. The second kappa shape index (κ2) is 9.74. The van der Waals surface area contributed by atoms with Gasteiger partial charge in [0.15, 0.2) is 11.4 Å². The van der Waals surface area contributed by atoms with Gasteiger partial charge in [-0.2, -0.15) is 0 Å². The van der Waals surface area contributed by atoms with Crippen molar-refractivity contribution < 1.29 is 44.7 Å².